The lowest BCUT2D eigenvalue weighted by Gasteiger charge is -2.20. The van der Waals surface area contributed by atoms with E-state index in [9.17, 15) is 5.11 Å². The third-order valence-electron chi connectivity index (χ3n) is 3.98. The number of anilines is 1. The Hall–Kier alpha value is -2.79. The lowest BCUT2D eigenvalue weighted by molar-refractivity contribution is 0.399. The average Bonchev–Trinajstić information content (AvgIpc) is 3.25. The molecule has 0 saturated heterocycles. The first-order valence-electron chi connectivity index (χ1n) is 7.66. The second-order valence-electron chi connectivity index (χ2n) is 5.64. The number of fused-ring (bicyclic) bond motifs is 1. The molecular formula is C19H16N2O2S. The number of phenols is 1. The van der Waals surface area contributed by atoms with Crippen LogP contribution in [0.1, 0.15) is 22.2 Å². The lowest BCUT2D eigenvalue weighted by atomic mass is 9.96. The molecule has 0 aliphatic heterocycles. The third kappa shape index (κ3) is 2.63. The molecule has 0 aliphatic rings. The second kappa shape index (κ2) is 6.02. The Morgan fingerprint density at radius 1 is 1.12 bits per heavy atom. The molecule has 4 aromatic rings. The zero-order valence-corrected chi connectivity index (χ0v) is 13.9. The van der Waals surface area contributed by atoms with Gasteiger partial charge in [0.2, 0.25) is 0 Å². The SMILES string of the molecule is Cc1cc(NC(c2cccs2)c2c(O)ccc3ccccc23)no1. The molecule has 24 heavy (non-hydrogen) atoms. The number of aromatic hydroxyl groups is 1. The van der Waals surface area contributed by atoms with Crippen molar-refractivity contribution in [2.75, 3.05) is 5.32 Å². The van der Waals surface area contributed by atoms with Crippen molar-refractivity contribution in [3.63, 3.8) is 0 Å². The summed E-state index contributed by atoms with van der Waals surface area (Å²) in [5, 5.41) is 22.1. The predicted octanol–water partition coefficient (Wildman–Crippen LogP) is 5.10. The predicted molar refractivity (Wildman–Crippen MR) is 96.6 cm³/mol. The van der Waals surface area contributed by atoms with Crippen LogP contribution in [0, 0.1) is 6.92 Å². The van der Waals surface area contributed by atoms with E-state index in [2.05, 4.69) is 16.5 Å². The normalized spacial score (nSPS) is 12.4. The van der Waals surface area contributed by atoms with Crippen LogP contribution in [0.15, 0.2) is 64.5 Å². The summed E-state index contributed by atoms with van der Waals surface area (Å²) in [4.78, 5) is 1.10. The molecule has 1 unspecified atom stereocenters. The van der Waals surface area contributed by atoms with E-state index in [-0.39, 0.29) is 11.8 Å². The van der Waals surface area contributed by atoms with Gasteiger partial charge < -0.3 is 14.9 Å². The van der Waals surface area contributed by atoms with Gasteiger partial charge in [-0.3, -0.25) is 0 Å². The molecule has 2 N–H and O–H groups in total. The minimum atomic E-state index is -0.208. The van der Waals surface area contributed by atoms with Crippen LogP contribution < -0.4 is 5.32 Å². The van der Waals surface area contributed by atoms with Crippen molar-refractivity contribution in [1.29, 1.82) is 0 Å². The van der Waals surface area contributed by atoms with Gasteiger partial charge in [0, 0.05) is 16.5 Å². The summed E-state index contributed by atoms with van der Waals surface area (Å²) in [6, 6.07) is 17.4. The largest absolute Gasteiger partial charge is 0.508 e. The van der Waals surface area contributed by atoms with E-state index in [4.69, 9.17) is 4.52 Å². The van der Waals surface area contributed by atoms with Crippen LogP contribution >= 0.6 is 11.3 Å². The number of thiophene rings is 1. The summed E-state index contributed by atoms with van der Waals surface area (Å²) in [7, 11) is 0. The Bertz CT molecular complexity index is 976. The zero-order chi connectivity index (χ0) is 16.5. The van der Waals surface area contributed by atoms with Crippen molar-refractivity contribution >= 4 is 27.9 Å². The Labute approximate surface area is 143 Å². The highest BCUT2D eigenvalue weighted by atomic mass is 32.1. The van der Waals surface area contributed by atoms with Crippen molar-refractivity contribution in [2.24, 2.45) is 0 Å². The summed E-state index contributed by atoms with van der Waals surface area (Å²) in [5.41, 5.74) is 0.844. The fourth-order valence-corrected chi connectivity index (χ4v) is 3.70. The smallest absolute Gasteiger partial charge is 0.170 e. The van der Waals surface area contributed by atoms with Crippen LogP contribution in [0.25, 0.3) is 10.8 Å². The van der Waals surface area contributed by atoms with Crippen LogP contribution in [-0.4, -0.2) is 10.3 Å². The molecule has 5 heteroatoms. The Morgan fingerprint density at radius 2 is 2.00 bits per heavy atom. The lowest BCUT2D eigenvalue weighted by Crippen LogP contribution is -2.12. The number of nitrogens with one attached hydrogen (secondary N) is 1. The average molecular weight is 336 g/mol. The summed E-state index contributed by atoms with van der Waals surface area (Å²) < 4.78 is 5.16. The summed E-state index contributed by atoms with van der Waals surface area (Å²) in [6.45, 7) is 1.85. The van der Waals surface area contributed by atoms with Gasteiger partial charge in [0.25, 0.3) is 0 Å². The number of aromatic nitrogens is 1. The first kappa shape index (κ1) is 14.8. The van der Waals surface area contributed by atoms with Crippen molar-refractivity contribution < 1.29 is 9.63 Å². The molecule has 0 amide bonds. The van der Waals surface area contributed by atoms with Crippen LogP contribution in [-0.2, 0) is 0 Å². The minimum absolute atomic E-state index is 0.208. The van der Waals surface area contributed by atoms with Gasteiger partial charge in [0.1, 0.15) is 11.5 Å². The number of aryl methyl sites for hydroxylation is 1. The maximum absolute atomic E-state index is 10.6. The van der Waals surface area contributed by atoms with E-state index in [0.717, 1.165) is 27.0 Å². The van der Waals surface area contributed by atoms with Gasteiger partial charge in [-0.05, 0) is 35.2 Å². The number of hydrogen-bond acceptors (Lipinski definition) is 5. The molecule has 2 heterocycles. The number of phenolic OH excluding ortho intramolecular Hbond substituents is 1. The van der Waals surface area contributed by atoms with Crippen LogP contribution in [0.3, 0.4) is 0 Å². The molecule has 0 aliphatic carbocycles. The van der Waals surface area contributed by atoms with Gasteiger partial charge in [-0.15, -0.1) is 11.3 Å². The molecule has 0 radical (unpaired) electrons. The number of hydrogen-bond donors (Lipinski definition) is 2. The van der Waals surface area contributed by atoms with Gasteiger partial charge in [-0.1, -0.05) is 41.6 Å². The van der Waals surface area contributed by atoms with E-state index in [1.165, 1.54) is 0 Å². The van der Waals surface area contributed by atoms with E-state index in [1.54, 1.807) is 17.4 Å². The van der Waals surface area contributed by atoms with Gasteiger partial charge in [0.05, 0.1) is 6.04 Å². The summed E-state index contributed by atoms with van der Waals surface area (Å²) >= 11 is 1.64. The van der Waals surface area contributed by atoms with E-state index in [0.29, 0.717) is 5.82 Å². The molecule has 2 aromatic heterocycles. The Balaban J connectivity index is 1.89. The molecule has 0 bridgehead atoms. The number of benzene rings is 2. The van der Waals surface area contributed by atoms with E-state index < -0.39 is 0 Å². The molecule has 4 rings (SSSR count). The molecule has 120 valence electrons. The highest BCUT2D eigenvalue weighted by Crippen LogP contribution is 2.39. The molecule has 0 fully saturated rings. The van der Waals surface area contributed by atoms with Crippen molar-refractivity contribution in [3.05, 3.63) is 76.2 Å². The Morgan fingerprint density at radius 3 is 2.75 bits per heavy atom. The summed E-state index contributed by atoms with van der Waals surface area (Å²) in [6.07, 6.45) is 0. The molecular weight excluding hydrogens is 320 g/mol. The van der Waals surface area contributed by atoms with E-state index >= 15 is 0 Å². The zero-order valence-electron chi connectivity index (χ0n) is 13.1. The minimum Gasteiger partial charge on any atom is -0.508 e. The van der Waals surface area contributed by atoms with Gasteiger partial charge in [0.15, 0.2) is 5.82 Å². The fraction of sp³-hybridized carbons (Fsp3) is 0.105. The Kier molecular flexibility index (Phi) is 3.70. The van der Waals surface area contributed by atoms with Crippen molar-refractivity contribution in [2.45, 2.75) is 13.0 Å². The van der Waals surface area contributed by atoms with Gasteiger partial charge in [-0.2, -0.15) is 0 Å². The molecule has 1 atom stereocenters. The maximum Gasteiger partial charge on any atom is 0.170 e. The second-order valence-corrected chi connectivity index (χ2v) is 6.61. The maximum atomic E-state index is 10.6. The third-order valence-corrected chi connectivity index (χ3v) is 4.92. The highest BCUT2D eigenvalue weighted by Gasteiger charge is 2.22. The molecule has 0 saturated carbocycles. The van der Waals surface area contributed by atoms with Crippen molar-refractivity contribution in [1.82, 2.24) is 5.16 Å². The quantitative estimate of drug-likeness (QED) is 0.544. The monoisotopic (exact) mass is 336 g/mol. The van der Waals surface area contributed by atoms with Crippen LogP contribution in [0.2, 0.25) is 0 Å². The first-order valence-corrected chi connectivity index (χ1v) is 8.54. The van der Waals surface area contributed by atoms with E-state index in [1.807, 2.05) is 54.8 Å². The topological polar surface area (TPSA) is 58.3 Å². The summed E-state index contributed by atoms with van der Waals surface area (Å²) in [5.74, 6) is 1.66. The molecule has 0 spiro atoms. The molecule has 4 nitrogen and oxygen atoms in total. The highest BCUT2D eigenvalue weighted by molar-refractivity contribution is 7.10. The molecule has 2 aromatic carbocycles. The number of rotatable bonds is 4. The van der Waals surface area contributed by atoms with Gasteiger partial charge >= 0.3 is 0 Å². The first-order chi connectivity index (χ1) is 11.7. The standard InChI is InChI=1S/C19H16N2O2S/c1-12-11-17(21-23-12)20-19(16-7-4-10-24-16)18-14-6-3-2-5-13(14)8-9-15(18)22/h2-11,19,22H,1H3,(H,20,21). The van der Waals surface area contributed by atoms with Crippen molar-refractivity contribution in [3.8, 4) is 5.75 Å². The van der Waals surface area contributed by atoms with Gasteiger partial charge in [-0.25, -0.2) is 0 Å². The number of nitrogens with zero attached hydrogens (tertiary/aromatic N) is 1. The van der Waals surface area contributed by atoms with Crippen LogP contribution in [0.4, 0.5) is 5.82 Å². The van der Waals surface area contributed by atoms with Crippen LogP contribution in [0.5, 0.6) is 5.75 Å². The fourth-order valence-electron chi connectivity index (χ4n) is 2.91.